The van der Waals surface area contributed by atoms with Crippen molar-refractivity contribution in [3.63, 3.8) is 0 Å². The molecule has 20 heavy (non-hydrogen) atoms. The van der Waals surface area contributed by atoms with E-state index >= 15 is 0 Å². The van der Waals surface area contributed by atoms with Gasteiger partial charge in [0, 0.05) is 23.3 Å². The Morgan fingerprint density at radius 3 is 2.85 bits per heavy atom. The molecule has 0 bridgehead atoms. The first-order valence-corrected chi connectivity index (χ1v) is 8.74. The molecule has 0 amide bonds. The molecular formula is C15H20ClN3S. The largest absolute Gasteiger partial charge is 0.352 e. The molecule has 0 aliphatic heterocycles. The van der Waals surface area contributed by atoms with Crippen LogP contribution in [0, 0.1) is 0 Å². The SMILES string of the molecule is CCc1cc2c(N(CCCl)C3CCCC3)ncnc2s1. The van der Waals surface area contributed by atoms with E-state index in [9.17, 15) is 0 Å². The summed E-state index contributed by atoms with van der Waals surface area (Å²) in [6.45, 7) is 3.06. The third-order valence-electron chi connectivity index (χ3n) is 4.07. The van der Waals surface area contributed by atoms with Crippen molar-refractivity contribution in [1.29, 1.82) is 0 Å². The number of rotatable bonds is 5. The molecule has 0 saturated heterocycles. The highest BCUT2D eigenvalue weighted by Gasteiger charge is 2.25. The number of thiophene rings is 1. The molecular weight excluding hydrogens is 290 g/mol. The molecule has 0 atom stereocenters. The number of hydrogen-bond donors (Lipinski definition) is 0. The molecule has 0 radical (unpaired) electrons. The van der Waals surface area contributed by atoms with Crippen LogP contribution in [0.4, 0.5) is 5.82 Å². The molecule has 2 heterocycles. The fourth-order valence-corrected chi connectivity index (χ4v) is 4.18. The highest BCUT2D eigenvalue weighted by atomic mass is 35.5. The zero-order valence-corrected chi connectivity index (χ0v) is 13.4. The van der Waals surface area contributed by atoms with Crippen molar-refractivity contribution >= 4 is 39.0 Å². The lowest BCUT2D eigenvalue weighted by molar-refractivity contribution is 0.616. The van der Waals surface area contributed by atoms with Crippen molar-refractivity contribution in [2.24, 2.45) is 0 Å². The van der Waals surface area contributed by atoms with E-state index in [1.165, 1.54) is 35.9 Å². The van der Waals surface area contributed by atoms with Gasteiger partial charge in [-0.1, -0.05) is 19.8 Å². The van der Waals surface area contributed by atoms with Gasteiger partial charge >= 0.3 is 0 Å². The molecule has 1 saturated carbocycles. The number of aromatic nitrogens is 2. The van der Waals surface area contributed by atoms with E-state index < -0.39 is 0 Å². The third-order valence-corrected chi connectivity index (χ3v) is 5.43. The van der Waals surface area contributed by atoms with Crippen molar-refractivity contribution in [2.75, 3.05) is 17.3 Å². The molecule has 0 N–H and O–H groups in total. The molecule has 1 aliphatic carbocycles. The minimum absolute atomic E-state index is 0.594. The van der Waals surface area contributed by atoms with E-state index in [0.29, 0.717) is 11.9 Å². The van der Waals surface area contributed by atoms with Crippen LogP contribution in [0.15, 0.2) is 12.4 Å². The summed E-state index contributed by atoms with van der Waals surface area (Å²) >= 11 is 7.80. The summed E-state index contributed by atoms with van der Waals surface area (Å²) in [5, 5.41) is 1.20. The zero-order valence-electron chi connectivity index (χ0n) is 11.8. The first-order chi connectivity index (χ1) is 9.83. The van der Waals surface area contributed by atoms with Crippen LogP contribution in [0.3, 0.4) is 0 Å². The summed E-state index contributed by atoms with van der Waals surface area (Å²) in [5.74, 6) is 1.73. The average molecular weight is 310 g/mol. The smallest absolute Gasteiger partial charge is 0.141 e. The van der Waals surface area contributed by atoms with Crippen LogP contribution in [-0.2, 0) is 6.42 Å². The summed E-state index contributed by atoms with van der Waals surface area (Å²) in [5.41, 5.74) is 0. The number of hydrogen-bond acceptors (Lipinski definition) is 4. The molecule has 1 aliphatic rings. The number of alkyl halides is 1. The maximum absolute atomic E-state index is 6.03. The predicted octanol–water partition coefficient (Wildman–Crippen LogP) is 4.24. The van der Waals surface area contributed by atoms with Gasteiger partial charge in [0.2, 0.25) is 0 Å². The predicted molar refractivity (Wildman–Crippen MR) is 87.1 cm³/mol. The number of nitrogens with zero attached hydrogens (tertiary/aromatic N) is 3. The molecule has 3 rings (SSSR count). The molecule has 0 aromatic carbocycles. The quantitative estimate of drug-likeness (QED) is 0.773. The van der Waals surface area contributed by atoms with Gasteiger partial charge in [0.15, 0.2) is 0 Å². The van der Waals surface area contributed by atoms with E-state index in [0.717, 1.165) is 23.6 Å². The van der Waals surface area contributed by atoms with Crippen LogP contribution in [0.2, 0.25) is 0 Å². The van der Waals surface area contributed by atoms with E-state index in [2.05, 4.69) is 27.9 Å². The van der Waals surface area contributed by atoms with Crippen LogP contribution in [0.25, 0.3) is 10.2 Å². The Bertz CT molecular complexity index is 578. The monoisotopic (exact) mass is 309 g/mol. The van der Waals surface area contributed by atoms with Crippen molar-refractivity contribution in [3.8, 4) is 0 Å². The summed E-state index contributed by atoms with van der Waals surface area (Å²) < 4.78 is 0. The maximum Gasteiger partial charge on any atom is 0.141 e. The molecule has 1 fully saturated rings. The molecule has 2 aromatic rings. The Morgan fingerprint density at radius 1 is 1.35 bits per heavy atom. The van der Waals surface area contributed by atoms with Crippen LogP contribution in [0.5, 0.6) is 0 Å². The second kappa shape index (κ2) is 6.27. The maximum atomic E-state index is 6.03. The van der Waals surface area contributed by atoms with E-state index in [4.69, 9.17) is 11.6 Å². The van der Waals surface area contributed by atoms with Gasteiger partial charge in [-0.2, -0.15) is 0 Å². The van der Waals surface area contributed by atoms with Gasteiger partial charge in [-0.15, -0.1) is 22.9 Å². The van der Waals surface area contributed by atoms with Gasteiger partial charge in [-0.3, -0.25) is 0 Å². The lowest BCUT2D eigenvalue weighted by Crippen LogP contribution is -2.35. The van der Waals surface area contributed by atoms with Crippen LogP contribution in [0.1, 0.15) is 37.5 Å². The molecule has 0 unspecified atom stereocenters. The second-order valence-electron chi connectivity index (χ2n) is 5.30. The van der Waals surface area contributed by atoms with Gasteiger partial charge < -0.3 is 4.90 Å². The van der Waals surface area contributed by atoms with E-state index in [1.54, 1.807) is 17.7 Å². The molecule has 108 valence electrons. The minimum atomic E-state index is 0.594. The standard InChI is InChI=1S/C15H20ClN3S/c1-2-12-9-13-14(17-10-18-15(13)20-12)19(8-7-16)11-5-3-4-6-11/h9-11H,2-8H2,1H3. The lowest BCUT2D eigenvalue weighted by Gasteiger charge is -2.29. The Labute approximate surface area is 129 Å². The van der Waals surface area contributed by atoms with E-state index in [1.807, 2.05) is 0 Å². The van der Waals surface area contributed by atoms with Gasteiger partial charge in [0.05, 0.1) is 5.39 Å². The molecule has 0 spiro atoms. The fraction of sp³-hybridized carbons (Fsp3) is 0.600. The summed E-state index contributed by atoms with van der Waals surface area (Å²) in [4.78, 5) is 13.9. The minimum Gasteiger partial charge on any atom is -0.352 e. The van der Waals surface area contributed by atoms with Crippen molar-refractivity contribution in [3.05, 3.63) is 17.3 Å². The lowest BCUT2D eigenvalue weighted by atomic mass is 10.2. The number of fused-ring (bicyclic) bond motifs is 1. The summed E-state index contributed by atoms with van der Waals surface area (Å²) in [6.07, 6.45) is 7.91. The van der Waals surface area contributed by atoms with E-state index in [-0.39, 0.29) is 0 Å². The highest BCUT2D eigenvalue weighted by Crippen LogP contribution is 2.34. The van der Waals surface area contributed by atoms with Crippen molar-refractivity contribution in [2.45, 2.75) is 45.1 Å². The molecule has 3 nitrogen and oxygen atoms in total. The first-order valence-electron chi connectivity index (χ1n) is 7.39. The van der Waals surface area contributed by atoms with Gasteiger partial charge in [0.1, 0.15) is 17.0 Å². The van der Waals surface area contributed by atoms with Crippen molar-refractivity contribution < 1.29 is 0 Å². The van der Waals surface area contributed by atoms with Crippen LogP contribution in [-0.4, -0.2) is 28.4 Å². The van der Waals surface area contributed by atoms with Gasteiger partial charge in [-0.25, -0.2) is 9.97 Å². The Morgan fingerprint density at radius 2 is 2.15 bits per heavy atom. The first kappa shape index (κ1) is 14.1. The summed E-state index contributed by atoms with van der Waals surface area (Å²) in [6, 6.07) is 2.85. The van der Waals surface area contributed by atoms with Gasteiger partial charge in [-0.05, 0) is 25.3 Å². The van der Waals surface area contributed by atoms with Crippen molar-refractivity contribution in [1.82, 2.24) is 9.97 Å². The van der Waals surface area contributed by atoms with Crippen LogP contribution >= 0.6 is 22.9 Å². The summed E-state index contributed by atoms with van der Waals surface area (Å²) in [7, 11) is 0. The topological polar surface area (TPSA) is 29.0 Å². The number of anilines is 1. The fourth-order valence-electron chi connectivity index (χ4n) is 3.06. The second-order valence-corrected chi connectivity index (χ2v) is 6.80. The molecule has 5 heteroatoms. The highest BCUT2D eigenvalue weighted by molar-refractivity contribution is 7.18. The Kier molecular flexibility index (Phi) is 4.41. The Hall–Kier alpha value is -0.870. The number of aryl methyl sites for hydroxylation is 1. The third kappa shape index (κ3) is 2.63. The Balaban J connectivity index is 2.02. The number of halogens is 1. The van der Waals surface area contributed by atoms with Gasteiger partial charge in [0.25, 0.3) is 0 Å². The average Bonchev–Trinajstić information content (AvgIpc) is 3.12. The van der Waals surface area contributed by atoms with Crippen LogP contribution < -0.4 is 4.90 Å². The normalized spacial score (nSPS) is 16.1. The molecule has 2 aromatic heterocycles. The zero-order chi connectivity index (χ0) is 13.9.